The standard InChI is InChI=1S/C25H24N2O2S/c28-30(29,26-17-18-8-3-1-4-9-18)20-14-15-24-23(16-20)21-12-7-13-22(21)25(27-24)19-10-5-2-6-11-19/h1-12,14-16,21-22,25-27H,13,17H2. The summed E-state index contributed by atoms with van der Waals surface area (Å²) in [5, 5.41) is 3.67. The van der Waals surface area contributed by atoms with E-state index in [1.54, 1.807) is 6.07 Å². The van der Waals surface area contributed by atoms with E-state index in [0.717, 1.165) is 23.2 Å². The van der Waals surface area contributed by atoms with E-state index >= 15 is 0 Å². The van der Waals surface area contributed by atoms with Gasteiger partial charge in [0.25, 0.3) is 0 Å². The molecule has 5 rings (SSSR count). The zero-order valence-electron chi connectivity index (χ0n) is 16.5. The number of rotatable bonds is 5. The Morgan fingerprint density at radius 2 is 1.67 bits per heavy atom. The van der Waals surface area contributed by atoms with Crippen LogP contribution < -0.4 is 10.0 Å². The minimum absolute atomic E-state index is 0.218. The van der Waals surface area contributed by atoms with Crippen molar-refractivity contribution in [3.63, 3.8) is 0 Å². The monoisotopic (exact) mass is 416 g/mol. The lowest BCUT2D eigenvalue weighted by Gasteiger charge is -2.37. The van der Waals surface area contributed by atoms with Crippen molar-refractivity contribution in [1.29, 1.82) is 0 Å². The Bertz CT molecular complexity index is 1170. The normalized spacial score (nSPS) is 22.2. The molecule has 152 valence electrons. The smallest absolute Gasteiger partial charge is 0.240 e. The van der Waals surface area contributed by atoms with Crippen molar-refractivity contribution in [3.05, 3.63) is 108 Å². The number of benzene rings is 3. The van der Waals surface area contributed by atoms with Crippen LogP contribution in [0.1, 0.15) is 35.1 Å². The molecule has 0 bridgehead atoms. The molecule has 0 radical (unpaired) electrons. The quantitative estimate of drug-likeness (QED) is 0.576. The molecule has 3 unspecified atom stereocenters. The lowest BCUT2D eigenvalue weighted by molar-refractivity contribution is 0.425. The van der Waals surface area contributed by atoms with Crippen LogP contribution in [0.5, 0.6) is 0 Å². The van der Waals surface area contributed by atoms with Crippen LogP contribution in [0.4, 0.5) is 5.69 Å². The first-order valence-electron chi connectivity index (χ1n) is 10.3. The number of hydrogen-bond acceptors (Lipinski definition) is 3. The maximum Gasteiger partial charge on any atom is 0.240 e. The summed E-state index contributed by atoms with van der Waals surface area (Å²) in [4.78, 5) is 0.316. The Hall–Kier alpha value is -2.89. The van der Waals surface area contributed by atoms with E-state index in [1.165, 1.54) is 5.56 Å². The molecule has 0 saturated heterocycles. The Kier molecular flexibility index (Phi) is 4.93. The van der Waals surface area contributed by atoms with Gasteiger partial charge in [-0.15, -0.1) is 0 Å². The summed E-state index contributed by atoms with van der Waals surface area (Å²) in [5.74, 6) is 0.603. The molecule has 30 heavy (non-hydrogen) atoms. The highest BCUT2D eigenvalue weighted by Gasteiger charge is 2.38. The average Bonchev–Trinajstić information content (AvgIpc) is 3.28. The highest BCUT2D eigenvalue weighted by Crippen LogP contribution is 2.50. The molecule has 0 aromatic heterocycles. The van der Waals surface area contributed by atoms with Gasteiger partial charge in [0.15, 0.2) is 0 Å². The second-order valence-corrected chi connectivity index (χ2v) is 9.71. The third-order valence-corrected chi connectivity index (χ3v) is 7.51. The summed E-state index contributed by atoms with van der Waals surface area (Å²) < 4.78 is 28.6. The molecule has 0 spiro atoms. The van der Waals surface area contributed by atoms with Crippen molar-refractivity contribution in [1.82, 2.24) is 4.72 Å². The third-order valence-electron chi connectivity index (χ3n) is 6.11. The van der Waals surface area contributed by atoms with Crippen LogP contribution in [-0.2, 0) is 16.6 Å². The summed E-state index contributed by atoms with van der Waals surface area (Å²) in [6, 6.07) is 25.7. The Balaban J connectivity index is 1.44. The minimum atomic E-state index is -3.59. The van der Waals surface area contributed by atoms with Crippen molar-refractivity contribution in [3.8, 4) is 0 Å². The predicted molar refractivity (Wildman–Crippen MR) is 120 cm³/mol. The van der Waals surface area contributed by atoms with Gasteiger partial charge < -0.3 is 5.32 Å². The van der Waals surface area contributed by atoms with Gasteiger partial charge in [0.2, 0.25) is 10.0 Å². The van der Waals surface area contributed by atoms with E-state index in [-0.39, 0.29) is 18.5 Å². The number of fused-ring (bicyclic) bond motifs is 3. The Morgan fingerprint density at radius 3 is 2.43 bits per heavy atom. The van der Waals surface area contributed by atoms with Crippen molar-refractivity contribution >= 4 is 15.7 Å². The Morgan fingerprint density at radius 1 is 0.933 bits per heavy atom. The van der Waals surface area contributed by atoms with Gasteiger partial charge in [0.05, 0.1) is 10.9 Å². The fraction of sp³-hybridized carbons (Fsp3) is 0.200. The molecule has 3 aromatic rings. The number of anilines is 1. The first-order chi connectivity index (χ1) is 14.6. The lowest BCUT2D eigenvalue weighted by atomic mass is 9.77. The van der Waals surface area contributed by atoms with E-state index in [0.29, 0.717) is 10.8 Å². The molecule has 1 aliphatic carbocycles. The van der Waals surface area contributed by atoms with Crippen molar-refractivity contribution in [2.45, 2.75) is 29.8 Å². The molecular formula is C25H24N2O2S. The van der Waals surface area contributed by atoms with Crippen LogP contribution in [0.25, 0.3) is 0 Å². The summed E-state index contributed by atoms with van der Waals surface area (Å²) in [7, 11) is -3.59. The van der Waals surface area contributed by atoms with Gasteiger partial charge in [0, 0.05) is 18.2 Å². The highest BCUT2D eigenvalue weighted by atomic mass is 32.2. The van der Waals surface area contributed by atoms with Crippen LogP contribution in [0, 0.1) is 5.92 Å². The summed E-state index contributed by atoms with van der Waals surface area (Å²) in [6.07, 6.45) is 5.44. The van der Waals surface area contributed by atoms with Gasteiger partial charge in [0.1, 0.15) is 0 Å². The van der Waals surface area contributed by atoms with E-state index in [4.69, 9.17) is 0 Å². The number of allylic oxidation sites excluding steroid dienone is 2. The second kappa shape index (κ2) is 7.74. The maximum atomic E-state index is 12.9. The van der Waals surface area contributed by atoms with E-state index in [2.05, 4.69) is 46.5 Å². The second-order valence-electron chi connectivity index (χ2n) is 7.95. The number of nitrogens with one attached hydrogen (secondary N) is 2. The van der Waals surface area contributed by atoms with E-state index < -0.39 is 10.0 Å². The molecule has 1 heterocycles. The highest BCUT2D eigenvalue weighted by molar-refractivity contribution is 7.89. The molecule has 3 atom stereocenters. The predicted octanol–water partition coefficient (Wildman–Crippen LogP) is 4.99. The van der Waals surface area contributed by atoms with Gasteiger partial charge in [-0.2, -0.15) is 0 Å². The van der Waals surface area contributed by atoms with Crippen LogP contribution in [0.2, 0.25) is 0 Å². The first kappa shape index (κ1) is 19.1. The number of hydrogen-bond donors (Lipinski definition) is 2. The zero-order valence-corrected chi connectivity index (χ0v) is 17.3. The molecule has 1 aliphatic heterocycles. The molecule has 2 aliphatic rings. The van der Waals surface area contributed by atoms with Gasteiger partial charge >= 0.3 is 0 Å². The molecule has 0 saturated carbocycles. The van der Waals surface area contributed by atoms with Crippen molar-refractivity contribution < 1.29 is 8.42 Å². The minimum Gasteiger partial charge on any atom is -0.378 e. The molecule has 4 nitrogen and oxygen atoms in total. The fourth-order valence-electron chi connectivity index (χ4n) is 4.59. The fourth-order valence-corrected chi connectivity index (χ4v) is 5.64. The molecule has 3 aromatic carbocycles. The maximum absolute atomic E-state index is 12.9. The van der Waals surface area contributed by atoms with Crippen molar-refractivity contribution in [2.24, 2.45) is 5.92 Å². The van der Waals surface area contributed by atoms with Crippen LogP contribution in [-0.4, -0.2) is 8.42 Å². The van der Waals surface area contributed by atoms with Crippen LogP contribution >= 0.6 is 0 Å². The largest absolute Gasteiger partial charge is 0.378 e. The average molecular weight is 417 g/mol. The van der Waals surface area contributed by atoms with E-state index in [9.17, 15) is 8.42 Å². The zero-order chi connectivity index (χ0) is 20.6. The molecule has 0 amide bonds. The molecular weight excluding hydrogens is 392 g/mol. The Labute approximate surface area is 177 Å². The summed E-state index contributed by atoms with van der Waals surface area (Å²) in [6.45, 7) is 0.278. The third kappa shape index (κ3) is 3.55. The van der Waals surface area contributed by atoms with Gasteiger partial charge in [-0.25, -0.2) is 13.1 Å². The SMILES string of the molecule is O=S(=O)(NCc1ccccc1)c1ccc2c(c1)C1C=CCC1C(c1ccccc1)N2. The van der Waals surface area contributed by atoms with E-state index in [1.807, 2.05) is 48.5 Å². The molecule has 0 fully saturated rings. The molecule has 5 heteroatoms. The number of sulfonamides is 1. The van der Waals surface area contributed by atoms with Crippen LogP contribution in [0.15, 0.2) is 95.9 Å². The lowest BCUT2D eigenvalue weighted by Crippen LogP contribution is -2.29. The van der Waals surface area contributed by atoms with Crippen LogP contribution in [0.3, 0.4) is 0 Å². The van der Waals surface area contributed by atoms with Crippen molar-refractivity contribution in [2.75, 3.05) is 5.32 Å². The summed E-state index contributed by atoms with van der Waals surface area (Å²) in [5.41, 5.74) is 4.27. The molecule has 2 N–H and O–H groups in total. The first-order valence-corrected chi connectivity index (χ1v) is 11.8. The topological polar surface area (TPSA) is 58.2 Å². The summed E-state index contributed by atoms with van der Waals surface area (Å²) >= 11 is 0. The van der Waals surface area contributed by atoms with Gasteiger partial charge in [-0.3, -0.25) is 0 Å². The van der Waals surface area contributed by atoms with Gasteiger partial charge in [-0.1, -0.05) is 72.8 Å². The van der Waals surface area contributed by atoms with Gasteiger partial charge in [-0.05, 0) is 47.2 Å².